The molecule has 3 heteroatoms. The third kappa shape index (κ3) is 1.46. The van der Waals surface area contributed by atoms with Crippen molar-refractivity contribution in [2.45, 2.75) is 25.9 Å². The molecule has 0 radical (unpaired) electrons. The second-order valence-corrected chi connectivity index (χ2v) is 2.58. The summed E-state index contributed by atoms with van der Waals surface area (Å²) in [5.74, 6) is 0.0696. The SMILES string of the molecule is CCC(=O)N1CC[C@H](F)C1. The number of carbonyl (C=O) groups excluding carboxylic acids is 1. The van der Waals surface area contributed by atoms with Gasteiger partial charge >= 0.3 is 0 Å². The summed E-state index contributed by atoms with van der Waals surface area (Å²) in [4.78, 5) is 12.5. The van der Waals surface area contributed by atoms with Crippen LogP contribution in [0.15, 0.2) is 0 Å². The van der Waals surface area contributed by atoms with E-state index in [1.807, 2.05) is 0 Å². The minimum Gasteiger partial charge on any atom is -0.340 e. The predicted molar refractivity (Wildman–Crippen MR) is 36.4 cm³/mol. The lowest BCUT2D eigenvalue weighted by atomic mass is 10.3. The molecule has 58 valence electrons. The van der Waals surface area contributed by atoms with Gasteiger partial charge in [0.2, 0.25) is 5.91 Å². The van der Waals surface area contributed by atoms with Gasteiger partial charge in [0.15, 0.2) is 0 Å². The monoisotopic (exact) mass is 145 g/mol. The van der Waals surface area contributed by atoms with Gasteiger partial charge in [-0.15, -0.1) is 0 Å². The highest BCUT2D eigenvalue weighted by molar-refractivity contribution is 5.76. The van der Waals surface area contributed by atoms with E-state index in [4.69, 9.17) is 0 Å². The van der Waals surface area contributed by atoms with E-state index in [9.17, 15) is 9.18 Å². The van der Waals surface area contributed by atoms with Crippen LogP contribution in [0, 0.1) is 0 Å². The molecule has 10 heavy (non-hydrogen) atoms. The van der Waals surface area contributed by atoms with Crippen LogP contribution in [0.3, 0.4) is 0 Å². The van der Waals surface area contributed by atoms with E-state index >= 15 is 0 Å². The van der Waals surface area contributed by atoms with Gasteiger partial charge in [0.25, 0.3) is 0 Å². The molecule has 1 rings (SSSR count). The smallest absolute Gasteiger partial charge is 0.222 e. The Balaban J connectivity index is 2.37. The lowest BCUT2D eigenvalue weighted by molar-refractivity contribution is -0.129. The Morgan fingerprint density at radius 1 is 1.80 bits per heavy atom. The van der Waals surface area contributed by atoms with Crippen LogP contribution >= 0.6 is 0 Å². The zero-order valence-electron chi connectivity index (χ0n) is 6.14. The molecule has 1 fully saturated rings. The molecule has 1 aliphatic rings. The largest absolute Gasteiger partial charge is 0.340 e. The first-order valence-electron chi connectivity index (χ1n) is 3.66. The third-order valence-corrected chi connectivity index (χ3v) is 1.79. The molecule has 0 aromatic carbocycles. The third-order valence-electron chi connectivity index (χ3n) is 1.79. The molecule has 2 nitrogen and oxygen atoms in total. The molecule has 0 spiro atoms. The predicted octanol–water partition coefficient (Wildman–Crippen LogP) is 0.967. The van der Waals surface area contributed by atoms with Crippen molar-refractivity contribution in [2.24, 2.45) is 0 Å². The molecule has 1 amide bonds. The number of amides is 1. The highest BCUT2D eigenvalue weighted by Gasteiger charge is 2.24. The van der Waals surface area contributed by atoms with Crippen LogP contribution in [0.1, 0.15) is 19.8 Å². The number of hydrogen-bond donors (Lipinski definition) is 0. The molecular formula is C7H12FNO. The Kier molecular flexibility index (Phi) is 2.25. The fourth-order valence-electron chi connectivity index (χ4n) is 1.17. The van der Waals surface area contributed by atoms with Crippen LogP contribution < -0.4 is 0 Å². The van der Waals surface area contributed by atoms with Crippen molar-refractivity contribution in [1.29, 1.82) is 0 Å². The zero-order chi connectivity index (χ0) is 7.56. The summed E-state index contributed by atoms with van der Waals surface area (Å²) in [7, 11) is 0. The van der Waals surface area contributed by atoms with Crippen molar-refractivity contribution in [2.75, 3.05) is 13.1 Å². The van der Waals surface area contributed by atoms with E-state index in [1.54, 1.807) is 11.8 Å². The second-order valence-electron chi connectivity index (χ2n) is 2.58. The molecule has 1 heterocycles. The van der Waals surface area contributed by atoms with Gasteiger partial charge in [-0.3, -0.25) is 4.79 Å². The van der Waals surface area contributed by atoms with Gasteiger partial charge < -0.3 is 4.90 Å². The minimum absolute atomic E-state index is 0.0696. The summed E-state index contributed by atoms with van der Waals surface area (Å²) in [5.41, 5.74) is 0. The molecule has 0 aliphatic carbocycles. The fraction of sp³-hybridized carbons (Fsp3) is 0.857. The molecule has 1 saturated heterocycles. The average Bonchev–Trinajstić information content (AvgIpc) is 2.34. The van der Waals surface area contributed by atoms with E-state index in [2.05, 4.69) is 0 Å². The van der Waals surface area contributed by atoms with E-state index in [0.29, 0.717) is 25.9 Å². The van der Waals surface area contributed by atoms with Crippen LogP contribution in [0.2, 0.25) is 0 Å². The molecule has 0 unspecified atom stereocenters. The number of nitrogens with zero attached hydrogens (tertiary/aromatic N) is 1. The first-order chi connectivity index (χ1) is 4.74. The molecular weight excluding hydrogens is 133 g/mol. The molecule has 0 aromatic heterocycles. The molecule has 1 aliphatic heterocycles. The van der Waals surface area contributed by atoms with E-state index < -0.39 is 6.17 Å². The van der Waals surface area contributed by atoms with Crippen molar-refractivity contribution < 1.29 is 9.18 Å². The Morgan fingerprint density at radius 3 is 2.90 bits per heavy atom. The topological polar surface area (TPSA) is 20.3 Å². The minimum atomic E-state index is -0.782. The van der Waals surface area contributed by atoms with Gasteiger partial charge in [-0.25, -0.2) is 4.39 Å². The zero-order valence-corrected chi connectivity index (χ0v) is 6.14. The normalized spacial score (nSPS) is 25.4. The standard InChI is InChI=1S/C7H12FNO/c1-2-7(10)9-4-3-6(8)5-9/h6H,2-5H2,1H3/t6-/m0/s1. The summed E-state index contributed by atoms with van der Waals surface area (Å²) >= 11 is 0. The van der Waals surface area contributed by atoms with Crippen LogP contribution in [0.25, 0.3) is 0 Å². The maximum Gasteiger partial charge on any atom is 0.222 e. The summed E-state index contributed by atoms with van der Waals surface area (Å²) in [6.07, 6.45) is 0.230. The van der Waals surface area contributed by atoms with E-state index in [0.717, 1.165) is 0 Å². The Bertz CT molecular complexity index is 138. The summed E-state index contributed by atoms with van der Waals surface area (Å²) < 4.78 is 12.5. The van der Waals surface area contributed by atoms with E-state index in [1.165, 1.54) is 0 Å². The van der Waals surface area contributed by atoms with Crippen molar-refractivity contribution in [1.82, 2.24) is 4.90 Å². The summed E-state index contributed by atoms with van der Waals surface area (Å²) in [6, 6.07) is 0. The van der Waals surface area contributed by atoms with Gasteiger partial charge in [0.05, 0.1) is 6.54 Å². The number of alkyl halides is 1. The molecule has 0 N–H and O–H groups in total. The summed E-state index contributed by atoms with van der Waals surface area (Å²) in [6.45, 7) is 2.72. The highest BCUT2D eigenvalue weighted by Crippen LogP contribution is 2.12. The van der Waals surface area contributed by atoms with Gasteiger partial charge in [-0.2, -0.15) is 0 Å². The summed E-state index contributed by atoms with van der Waals surface area (Å²) in [5, 5.41) is 0. The van der Waals surface area contributed by atoms with Gasteiger partial charge in [-0.1, -0.05) is 6.92 Å². The quantitative estimate of drug-likeness (QED) is 0.538. The van der Waals surface area contributed by atoms with Gasteiger partial charge in [0, 0.05) is 13.0 Å². The lowest BCUT2D eigenvalue weighted by Crippen LogP contribution is -2.27. The second kappa shape index (κ2) is 2.99. The number of carbonyl (C=O) groups is 1. The maximum absolute atomic E-state index is 12.5. The Labute approximate surface area is 60.0 Å². The molecule has 0 aromatic rings. The number of halogens is 1. The maximum atomic E-state index is 12.5. The highest BCUT2D eigenvalue weighted by atomic mass is 19.1. The van der Waals surface area contributed by atoms with E-state index in [-0.39, 0.29) is 5.91 Å². The van der Waals surface area contributed by atoms with Crippen molar-refractivity contribution in [3.05, 3.63) is 0 Å². The number of rotatable bonds is 1. The fourth-order valence-corrected chi connectivity index (χ4v) is 1.17. The number of likely N-dealkylation sites (tertiary alicyclic amines) is 1. The molecule has 0 saturated carbocycles. The van der Waals surface area contributed by atoms with Crippen LogP contribution in [0.5, 0.6) is 0 Å². The lowest BCUT2D eigenvalue weighted by Gasteiger charge is -2.12. The van der Waals surface area contributed by atoms with Crippen molar-refractivity contribution in [3.63, 3.8) is 0 Å². The van der Waals surface area contributed by atoms with Gasteiger partial charge in [0.1, 0.15) is 6.17 Å². The molecule has 1 atom stereocenters. The van der Waals surface area contributed by atoms with Crippen LogP contribution in [-0.4, -0.2) is 30.1 Å². The first kappa shape index (κ1) is 7.51. The first-order valence-corrected chi connectivity index (χ1v) is 3.66. The van der Waals surface area contributed by atoms with Crippen molar-refractivity contribution >= 4 is 5.91 Å². The van der Waals surface area contributed by atoms with Crippen molar-refractivity contribution in [3.8, 4) is 0 Å². The Morgan fingerprint density at radius 2 is 2.50 bits per heavy atom. The van der Waals surface area contributed by atoms with Crippen LogP contribution in [-0.2, 0) is 4.79 Å². The van der Waals surface area contributed by atoms with Gasteiger partial charge in [-0.05, 0) is 6.42 Å². The Hall–Kier alpha value is -0.600. The molecule has 0 bridgehead atoms. The average molecular weight is 145 g/mol. The number of hydrogen-bond acceptors (Lipinski definition) is 1. The van der Waals surface area contributed by atoms with Crippen LogP contribution in [0.4, 0.5) is 4.39 Å².